The fourth-order valence-electron chi connectivity index (χ4n) is 5.55. The van der Waals surface area contributed by atoms with Crippen LogP contribution in [0.3, 0.4) is 0 Å². The maximum absolute atomic E-state index is 12.6. The molecule has 1 heterocycles. The van der Waals surface area contributed by atoms with Crippen molar-refractivity contribution in [3.05, 3.63) is 60.7 Å². The lowest BCUT2D eigenvalue weighted by Gasteiger charge is -2.43. The molecule has 3 rings (SSSR count). The third-order valence-electron chi connectivity index (χ3n) is 8.49. The quantitative estimate of drug-likeness (QED) is 0.155. The number of ether oxygens (including phenoxy) is 2. The van der Waals surface area contributed by atoms with Gasteiger partial charge in [-0.1, -0.05) is 102 Å². The zero-order valence-electron chi connectivity index (χ0n) is 27.4. The number of esters is 1. The molecule has 0 radical (unpaired) electrons. The third-order valence-corrected chi connectivity index (χ3v) is 18.0. The second-order valence-electron chi connectivity index (χ2n) is 15.0. The molecule has 0 aliphatic carbocycles. The highest BCUT2D eigenvalue weighted by Crippen LogP contribution is 2.41. The number of cyclic esters (lactones) is 1. The summed E-state index contributed by atoms with van der Waals surface area (Å²) in [5.41, 5.74) is -0.389. The Morgan fingerprint density at radius 1 is 0.829 bits per heavy atom. The number of carbonyl (C=O) groups is 1. The van der Waals surface area contributed by atoms with Crippen molar-refractivity contribution in [3.63, 3.8) is 0 Å². The predicted molar refractivity (Wildman–Crippen MR) is 174 cm³/mol. The molecule has 0 saturated carbocycles. The largest absolute Gasteiger partial charge is 0.457 e. The summed E-state index contributed by atoms with van der Waals surface area (Å²) in [5.74, 6) is -0.204. The standard InChI is InChI=1S/C34H54O5Si2/c1-32(2,3)38-28(31-29(25-30(35)37-31)39-40(10,11)33(4,5)6)23-18-24-36-41(34(7,8)9,26-19-14-12-15-20-26)27-21-16-13-17-22-27/h12-17,19-22,28-29,31H,18,23-25H2,1-11H3/t28-,29+,31+/m1/s1. The van der Waals surface area contributed by atoms with E-state index in [4.69, 9.17) is 18.3 Å². The zero-order chi connectivity index (χ0) is 30.7. The Balaban J connectivity index is 1.85. The molecule has 0 amide bonds. The highest BCUT2D eigenvalue weighted by molar-refractivity contribution is 6.99. The molecule has 0 bridgehead atoms. The Kier molecular flexibility index (Phi) is 10.6. The summed E-state index contributed by atoms with van der Waals surface area (Å²) in [6, 6.07) is 21.4. The predicted octanol–water partition coefficient (Wildman–Crippen LogP) is 7.23. The molecule has 0 unspecified atom stereocenters. The molecule has 1 aliphatic heterocycles. The van der Waals surface area contributed by atoms with Crippen LogP contribution in [-0.2, 0) is 23.1 Å². The van der Waals surface area contributed by atoms with Gasteiger partial charge in [-0.15, -0.1) is 0 Å². The summed E-state index contributed by atoms with van der Waals surface area (Å²) >= 11 is 0. The molecule has 3 atom stereocenters. The molecule has 7 heteroatoms. The molecule has 0 aromatic heterocycles. The van der Waals surface area contributed by atoms with E-state index in [0.29, 0.717) is 13.0 Å². The van der Waals surface area contributed by atoms with Crippen LogP contribution in [0.2, 0.25) is 23.2 Å². The van der Waals surface area contributed by atoms with Gasteiger partial charge in [0.15, 0.2) is 14.4 Å². The SMILES string of the molecule is CC(C)(C)O[C@H](CCCO[Si](c1ccccc1)(c1ccccc1)C(C)(C)C)[C@@H]1OC(=O)C[C@@H]1O[Si](C)(C)C(C)(C)C. The molecule has 0 N–H and O–H groups in total. The van der Waals surface area contributed by atoms with Crippen LogP contribution in [-0.4, -0.2) is 53.1 Å². The molecular weight excluding hydrogens is 545 g/mol. The van der Waals surface area contributed by atoms with Gasteiger partial charge in [0.05, 0.1) is 24.2 Å². The smallest absolute Gasteiger partial charge is 0.308 e. The minimum atomic E-state index is -2.62. The molecule has 5 nitrogen and oxygen atoms in total. The van der Waals surface area contributed by atoms with Crippen LogP contribution in [0.5, 0.6) is 0 Å². The van der Waals surface area contributed by atoms with Gasteiger partial charge < -0.3 is 18.3 Å². The molecule has 2 aromatic rings. The summed E-state index contributed by atoms with van der Waals surface area (Å²) in [4.78, 5) is 12.6. The fourth-order valence-corrected chi connectivity index (χ4v) is 11.5. The lowest BCUT2D eigenvalue weighted by atomic mass is 10.0. The molecule has 1 aliphatic rings. The second kappa shape index (κ2) is 12.8. The van der Waals surface area contributed by atoms with Crippen LogP contribution in [0.4, 0.5) is 0 Å². The van der Waals surface area contributed by atoms with Crippen LogP contribution < -0.4 is 10.4 Å². The Hall–Kier alpha value is -1.78. The van der Waals surface area contributed by atoms with Gasteiger partial charge in [0.25, 0.3) is 8.32 Å². The van der Waals surface area contributed by atoms with Crippen molar-refractivity contribution in [2.24, 2.45) is 0 Å². The van der Waals surface area contributed by atoms with E-state index >= 15 is 0 Å². The monoisotopic (exact) mass is 598 g/mol. The topological polar surface area (TPSA) is 54.0 Å². The Morgan fingerprint density at radius 2 is 1.34 bits per heavy atom. The highest BCUT2D eigenvalue weighted by atomic mass is 28.4. The first-order valence-corrected chi connectivity index (χ1v) is 20.0. The normalized spacial score (nSPS) is 19.7. The maximum atomic E-state index is 12.6. The number of carbonyl (C=O) groups excluding carboxylic acids is 1. The van der Waals surface area contributed by atoms with Gasteiger partial charge in [-0.25, -0.2) is 0 Å². The molecule has 228 valence electrons. The van der Waals surface area contributed by atoms with Crippen molar-refractivity contribution < 1.29 is 23.1 Å². The Morgan fingerprint density at radius 3 is 1.78 bits per heavy atom. The van der Waals surface area contributed by atoms with Crippen molar-refractivity contribution in [1.82, 2.24) is 0 Å². The second-order valence-corrected chi connectivity index (χ2v) is 24.1. The van der Waals surface area contributed by atoms with Crippen molar-refractivity contribution >= 4 is 33.0 Å². The van der Waals surface area contributed by atoms with Gasteiger partial charge in [0, 0.05) is 6.61 Å². The number of rotatable bonds is 11. The Labute approximate surface area is 251 Å². The first-order chi connectivity index (χ1) is 18.9. The lowest BCUT2D eigenvalue weighted by Crippen LogP contribution is -2.66. The average molecular weight is 599 g/mol. The van der Waals surface area contributed by atoms with E-state index in [1.54, 1.807) is 0 Å². The van der Waals surface area contributed by atoms with E-state index in [1.165, 1.54) is 10.4 Å². The summed E-state index contributed by atoms with van der Waals surface area (Å²) in [5, 5.41) is 2.50. The van der Waals surface area contributed by atoms with Gasteiger partial charge in [-0.2, -0.15) is 0 Å². The van der Waals surface area contributed by atoms with Crippen LogP contribution in [0.15, 0.2) is 60.7 Å². The van der Waals surface area contributed by atoms with E-state index in [0.717, 1.165) is 6.42 Å². The van der Waals surface area contributed by atoms with Crippen LogP contribution >= 0.6 is 0 Å². The first kappa shape index (κ1) is 33.7. The van der Waals surface area contributed by atoms with Gasteiger partial charge >= 0.3 is 5.97 Å². The van der Waals surface area contributed by atoms with Crippen molar-refractivity contribution in [2.75, 3.05) is 6.61 Å². The molecular formula is C34H54O5Si2. The molecule has 1 saturated heterocycles. The molecule has 1 fully saturated rings. The van der Waals surface area contributed by atoms with Crippen LogP contribution in [0.1, 0.15) is 81.6 Å². The highest BCUT2D eigenvalue weighted by Gasteiger charge is 2.51. The minimum absolute atomic E-state index is 0.0349. The molecule has 41 heavy (non-hydrogen) atoms. The zero-order valence-corrected chi connectivity index (χ0v) is 29.4. The van der Waals surface area contributed by atoms with E-state index in [9.17, 15) is 4.79 Å². The van der Waals surface area contributed by atoms with E-state index in [-0.39, 0.29) is 40.3 Å². The van der Waals surface area contributed by atoms with Crippen molar-refractivity contribution in [2.45, 2.75) is 129 Å². The van der Waals surface area contributed by atoms with E-state index < -0.39 is 22.7 Å². The average Bonchev–Trinajstić information content (AvgIpc) is 3.21. The van der Waals surface area contributed by atoms with Gasteiger partial charge in [0.2, 0.25) is 0 Å². The fraction of sp³-hybridized carbons (Fsp3) is 0.618. The third kappa shape index (κ3) is 8.20. The minimum Gasteiger partial charge on any atom is -0.457 e. The molecule has 2 aromatic carbocycles. The van der Waals surface area contributed by atoms with Crippen molar-refractivity contribution in [3.8, 4) is 0 Å². The summed E-state index contributed by atoms with van der Waals surface area (Å²) < 4.78 is 26.4. The number of hydrogen-bond acceptors (Lipinski definition) is 5. The van der Waals surface area contributed by atoms with Crippen LogP contribution in [0.25, 0.3) is 0 Å². The van der Waals surface area contributed by atoms with Gasteiger partial charge in [-0.3, -0.25) is 4.79 Å². The van der Waals surface area contributed by atoms with Gasteiger partial charge in [-0.05, 0) is 67.2 Å². The maximum Gasteiger partial charge on any atom is 0.308 e. The van der Waals surface area contributed by atoms with Crippen molar-refractivity contribution in [1.29, 1.82) is 0 Å². The summed E-state index contributed by atoms with van der Waals surface area (Å²) in [6.07, 6.45) is 0.771. The summed E-state index contributed by atoms with van der Waals surface area (Å²) in [6.45, 7) is 24.8. The molecule has 0 spiro atoms. The van der Waals surface area contributed by atoms with E-state index in [1.807, 2.05) is 0 Å². The first-order valence-electron chi connectivity index (χ1n) is 15.2. The van der Waals surface area contributed by atoms with Gasteiger partial charge in [0.1, 0.15) is 0 Å². The Bertz CT molecular complexity index is 1070. The van der Waals surface area contributed by atoms with E-state index in [2.05, 4.69) is 136 Å². The number of hydrogen-bond donors (Lipinski definition) is 0. The number of benzene rings is 2. The van der Waals surface area contributed by atoms with Crippen LogP contribution in [0, 0.1) is 0 Å². The lowest BCUT2D eigenvalue weighted by molar-refractivity contribution is -0.160. The summed E-state index contributed by atoms with van der Waals surface area (Å²) in [7, 11) is -4.73.